The zero-order valence-electron chi connectivity index (χ0n) is 11.1. The van der Waals surface area contributed by atoms with Crippen LogP contribution in [0.3, 0.4) is 0 Å². The van der Waals surface area contributed by atoms with E-state index in [0.29, 0.717) is 6.54 Å². The molecule has 5 nitrogen and oxygen atoms in total. The predicted molar refractivity (Wildman–Crippen MR) is 73.2 cm³/mol. The molecule has 1 heterocycles. The van der Waals surface area contributed by atoms with Crippen molar-refractivity contribution in [3.8, 4) is 0 Å². The van der Waals surface area contributed by atoms with Gasteiger partial charge >= 0.3 is 0 Å². The number of hydrogen-bond acceptors (Lipinski definition) is 4. The van der Waals surface area contributed by atoms with E-state index in [-0.39, 0.29) is 12.5 Å². The lowest BCUT2D eigenvalue weighted by Gasteiger charge is -2.20. The van der Waals surface area contributed by atoms with E-state index < -0.39 is 0 Å². The van der Waals surface area contributed by atoms with Crippen LogP contribution in [0.1, 0.15) is 25.8 Å². The third kappa shape index (κ3) is 4.71. The minimum Gasteiger partial charge on any atom is -0.370 e. The van der Waals surface area contributed by atoms with Crippen molar-refractivity contribution in [1.82, 2.24) is 9.88 Å². The standard InChI is InChI=1S/C13H22N4O/c1-3-7-15-13-11(6-5-8-16-13)9-17(4-2)10-12(14)18/h5-6,8H,3-4,7,9-10H2,1-2H3,(H2,14,18)(H,15,16). The maximum atomic E-state index is 11.0. The average Bonchev–Trinajstić information content (AvgIpc) is 2.36. The summed E-state index contributed by atoms with van der Waals surface area (Å²) in [5.41, 5.74) is 6.32. The Balaban J connectivity index is 2.71. The number of nitrogens with two attached hydrogens (primary N) is 1. The van der Waals surface area contributed by atoms with Gasteiger partial charge in [-0.15, -0.1) is 0 Å². The van der Waals surface area contributed by atoms with Crippen molar-refractivity contribution < 1.29 is 4.79 Å². The lowest BCUT2D eigenvalue weighted by atomic mass is 10.2. The number of anilines is 1. The molecule has 0 atom stereocenters. The van der Waals surface area contributed by atoms with Gasteiger partial charge in [0.2, 0.25) is 5.91 Å². The van der Waals surface area contributed by atoms with E-state index in [1.54, 1.807) is 6.20 Å². The number of amides is 1. The third-order valence-corrected chi connectivity index (χ3v) is 2.65. The minimum atomic E-state index is -0.302. The minimum absolute atomic E-state index is 0.276. The van der Waals surface area contributed by atoms with Gasteiger partial charge in [-0.3, -0.25) is 9.69 Å². The fourth-order valence-electron chi connectivity index (χ4n) is 1.71. The lowest BCUT2D eigenvalue weighted by molar-refractivity contribution is -0.119. The molecular weight excluding hydrogens is 228 g/mol. The second-order valence-corrected chi connectivity index (χ2v) is 4.21. The molecule has 1 rings (SSSR count). The normalized spacial score (nSPS) is 10.6. The van der Waals surface area contributed by atoms with Gasteiger partial charge in [0.25, 0.3) is 0 Å². The van der Waals surface area contributed by atoms with Gasteiger partial charge in [-0.1, -0.05) is 19.9 Å². The average molecular weight is 250 g/mol. The molecule has 0 bridgehead atoms. The number of carbonyl (C=O) groups excluding carboxylic acids is 1. The second-order valence-electron chi connectivity index (χ2n) is 4.21. The highest BCUT2D eigenvalue weighted by Gasteiger charge is 2.10. The smallest absolute Gasteiger partial charge is 0.231 e. The van der Waals surface area contributed by atoms with E-state index in [1.807, 2.05) is 24.0 Å². The van der Waals surface area contributed by atoms with Crippen LogP contribution >= 0.6 is 0 Å². The number of rotatable bonds is 8. The zero-order chi connectivity index (χ0) is 13.4. The van der Waals surface area contributed by atoms with Gasteiger partial charge in [-0.25, -0.2) is 4.98 Å². The first kappa shape index (κ1) is 14.4. The van der Waals surface area contributed by atoms with Gasteiger partial charge in [0, 0.05) is 24.8 Å². The van der Waals surface area contributed by atoms with Crippen LogP contribution in [0.4, 0.5) is 5.82 Å². The molecule has 1 amide bonds. The van der Waals surface area contributed by atoms with Crippen LogP contribution in [0.15, 0.2) is 18.3 Å². The molecule has 0 saturated heterocycles. The molecule has 0 radical (unpaired) electrons. The molecular formula is C13H22N4O. The molecule has 0 aliphatic carbocycles. The summed E-state index contributed by atoms with van der Waals surface area (Å²) in [5, 5.41) is 3.29. The Hall–Kier alpha value is -1.62. The summed E-state index contributed by atoms with van der Waals surface area (Å²) < 4.78 is 0. The maximum absolute atomic E-state index is 11.0. The van der Waals surface area contributed by atoms with E-state index in [0.717, 1.165) is 30.9 Å². The van der Waals surface area contributed by atoms with Crippen molar-refractivity contribution in [2.75, 3.05) is 25.0 Å². The first-order chi connectivity index (χ1) is 8.67. The van der Waals surface area contributed by atoms with E-state index in [4.69, 9.17) is 5.73 Å². The SMILES string of the molecule is CCCNc1ncccc1CN(CC)CC(N)=O. The summed E-state index contributed by atoms with van der Waals surface area (Å²) in [4.78, 5) is 17.3. The molecule has 0 aromatic carbocycles. The molecule has 0 aliphatic rings. The molecule has 1 aromatic rings. The van der Waals surface area contributed by atoms with Gasteiger partial charge in [0.05, 0.1) is 6.54 Å². The quantitative estimate of drug-likeness (QED) is 0.727. The van der Waals surface area contributed by atoms with Gasteiger partial charge in [-0.05, 0) is 19.0 Å². The summed E-state index contributed by atoms with van der Waals surface area (Å²) in [6.45, 7) is 6.76. The van der Waals surface area contributed by atoms with Crippen molar-refractivity contribution in [2.24, 2.45) is 5.73 Å². The van der Waals surface area contributed by atoms with Gasteiger partial charge in [-0.2, -0.15) is 0 Å². The van der Waals surface area contributed by atoms with E-state index in [9.17, 15) is 4.79 Å². The first-order valence-corrected chi connectivity index (χ1v) is 6.35. The Bertz CT molecular complexity index is 381. The Morgan fingerprint density at radius 1 is 1.50 bits per heavy atom. The number of pyridine rings is 1. The van der Waals surface area contributed by atoms with Crippen LogP contribution < -0.4 is 11.1 Å². The third-order valence-electron chi connectivity index (χ3n) is 2.65. The number of nitrogens with one attached hydrogen (secondary N) is 1. The fourth-order valence-corrected chi connectivity index (χ4v) is 1.71. The van der Waals surface area contributed by atoms with Gasteiger partial charge < -0.3 is 11.1 Å². The Morgan fingerprint density at radius 2 is 2.28 bits per heavy atom. The summed E-state index contributed by atoms with van der Waals surface area (Å²) in [7, 11) is 0. The van der Waals surface area contributed by atoms with Crippen molar-refractivity contribution in [3.63, 3.8) is 0 Å². The number of likely N-dealkylation sites (N-methyl/N-ethyl adjacent to an activating group) is 1. The van der Waals surface area contributed by atoms with E-state index in [2.05, 4.69) is 17.2 Å². The first-order valence-electron chi connectivity index (χ1n) is 6.35. The summed E-state index contributed by atoms with van der Waals surface area (Å²) >= 11 is 0. The molecule has 0 unspecified atom stereocenters. The fraction of sp³-hybridized carbons (Fsp3) is 0.538. The Kier molecular flexibility index (Phi) is 6.14. The van der Waals surface area contributed by atoms with Crippen molar-refractivity contribution in [2.45, 2.75) is 26.8 Å². The predicted octanol–water partition coefficient (Wildman–Crippen LogP) is 1.21. The van der Waals surface area contributed by atoms with Crippen LogP contribution in [0.25, 0.3) is 0 Å². The summed E-state index contributed by atoms with van der Waals surface area (Å²) in [5.74, 6) is 0.589. The molecule has 0 spiro atoms. The van der Waals surface area contributed by atoms with E-state index >= 15 is 0 Å². The summed E-state index contributed by atoms with van der Waals surface area (Å²) in [6, 6.07) is 3.93. The van der Waals surface area contributed by atoms with Gasteiger partial charge in [0.15, 0.2) is 0 Å². The molecule has 3 N–H and O–H groups in total. The number of carbonyl (C=O) groups is 1. The second kappa shape index (κ2) is 7.66. The molecule has 0 aliphatic heterocycles. The van der Waals surface area contributed by atoms with Crippen molar-refractivity contribution in [1.29, 1.82) is 0 Å². The maximum Gasteiger partial charge on any atom is 0.231 e. The van der Waals surface area contributed by atoms with Crippen molar-refractivity contribution >= 4 is 11.7 Å². The highest BCUT2D eigenvalue weighted by Crippen LogP contribution is 2.14. The number of nitrogens with zero attached hydrogens (tertiary/aromatic N) is 2. The number of hydrogen-bond donors (Lipinski definition) is 2. The van der Waals surface area contributed by atoms with Crippen LogP contribution in [0.5, 0.6) is 0 Å². The number of aromatic nitrogens is 1. The van der Waals surface area contributed by atoms with Crippen molar-refractivity contribution in [3.05, 3.63) is 23.9 Å². The van der Waals surface area contributed by atoms with Crippen LogP contribution in [0, 0.1) is 0 Å². The molecule has 0 fully saturated rings. The molecule has 18 heavy (non-hydrogen) atoms. The molecule has 5 heteroatoms. The largest absolute Gasteiger partial charge is 0.370 e. The Morgan fingerprint density at radius 3 is 2.89 bits per heavy atom. The zero-order valence-corrected chi connectivity index (χ0v) is 11.1. The lowest BCUT2D eigenvalue weighted by Crippen LogP contribution is -2.33. The van der Waals surface area contributed by atoms with Gasteiger partial charge in [0.1, 0.15) is 5.82 Å². The van der Waals surface area contributed by atoms with E-state index in [1.165, 1.54) is 0 Å². The molecule has 1 aromatic heterocycles. The highest BCUT2D eigenvalue weighted by atomic mass is 16.1. The van der Waals surface area contributed by atoms with Crippen LogP contribution in [0.2, 0.25) is 0 Å². The summed E-state index contributed by atoms with van der Waals surface area (Å²) in [6.07, 6.45) is 2.82. The Labute approximate surface area is 108 Å². The van der Waals surface area contributed by atoms with Crippen LogP contribution in [-0.4, -0.2) is 35.4 Å². The monoisotopic (exact) mass is 250 g/mol. The number of primary amides is 1. The van der Waals surface area contributed by atoms with Crippen LogP contribution in [-0.2, 0) is 11.3 Å². The highest BCUT2D eigenvalue weighted by molar-refractivity contribution is 5.75. The molecule has 0 saturated carbocycles. The topological polar surface area (TPSA) is 71.2 Å². The molecule has 100 valence electrons.